The normalized spacial score (nSPS) is 50.0. The third-order valence-corrected chi connectivity index (χ3v) is 4.84. The molecule has 80 valence electrons. The molecule has 1 saturated carbocycles. The van der Waals surface area contributed by atoms with Gasteiger partial charge in [-0.15, -0.1) is 0 Å². The van der Waals surface area contributed by atoms with Crippen molar-refractivity contribution in [2.45, 2.75) is 31.1 Å². The Labute approximate surface area is 82.8 Å². The first-order valence-corrected chi connectivity index (χ1v) is 6.54. The lowest BCUT2D eigenvalue weighted by Gasteiger charge is -2.31. The summed E-state index contributed by atoms with van der Waals surface area (Å²) in [7, 11) is -3.05. The third kappa shape index (κ3) is 1.29. The van der Waals surface area contributed by atoms with E-state index in [1.165, 1.54) is 0 Å². The van der Waals surface area contributed by atoms with Crippen LogP contribution in [0.1, 0.15) is 12.8 Å². The second kappa shape index (κ2) is 2.91. The molecule has 4 unspecified atom stereocenters. The molecule has 0 aromatic rings. The van der Waals surface area contributed by atoms with E-state index in [1.54, 1.807) is 0 Å². The topological polar surface area (TPSA) is 64.6 Å². The molecule has 1 aliphatic carbocycles. The molecule has 6 heteroatoms. The molecule has 2 heterocycles. The number of hydrogen-bond donors (Lipinski definition) is 1. The van der Waals surface area contributed by atoms with Crippen molar-refractivity contribution in [1.29, 1.82) is 0 Å². The van der Waals surface area contributed by atoms with Crippen LogP contribution in [-0.2, 0) is 19.5 Å². The van der Waals surface area contributed by atoms with E-state index < -0.39 is 10.0 Å². The van der Waals surface area contributed by atoms with Crippen LogP contribution in [0.4, 0.5) is 0 Å². The monoisotopic (exact) mass is 219 g/mol. The number of hydrogen-bond acceptors (Lipinski definition) is 4. The summed E-state index contributed by atoms with van der Waals surface area (Å²) in [4.78, 5) is 0. The Bertz CT molecular complexity index is 341. The van der Waals surface area contributed by atoms with Crippen molar-refractivity contribution in [2.24, 2.45) is 5.92 Å². The lowest BCUT2D eigenvalue weighted by Crippen LogP contribution is -2.45. The van der Waals surface area contributed by atoms with Crippen molar-refractivity contribution in [2.75, 3.05) is 12.5 Å². The SMILES string of the molecule is O=S1(=O)CC2C(CCC3OCOC32)N1. The fourth-order valence-electron chi connectivity index (χ4n) is 2.73. The fraction of sp³-hybridized carbons (Fsp3) is 1.00. The van der Waals surface area contributed by atoms with Gasteiger partial charge in [-0.25, -0.2) is 13.1 Å². The van der Waals surface area contributed by atoms with E-state index in [0.717, 1.165) is 12.8 Å². The molecule has 3 aliphatic rings. The van der Waals surface area contributed by atoms with Gasteiger partial charge in [0, 0.05) is 12.0 Å². The Morgan fingerprint density at radius 3 is 2.93 bits per heavy atom. The summed E-state index contributed by atoms with van der Waals surface area (Å²) in [5.41, 5.74) is 0. The van der Waals surface area contributed by atoms with Crippen molar-refractivity contribution >= 4 is 10.0 Å². The fourth-order valence-corrected chi connectivity index (χ4v) is 4.51. The van der Waals surface area contributed by atoms with Crippen LogP contribution in [0.15, 0.2) is 0 Å². The molecule has 3 rings (SSSR count). The van der Waals surface area contributed by atoms with Gasteiger partial charge >= 0.3 is 0 Å². The lowest BCUT2D eigenvalue weighted by atomic mass is 9.82. The number of nitrogens with one attached hydrogen (secondary N) is 1. The van der Waals surface area contributed by atoms with Crippen molar-refractivity contribution in [1.82, 2.24) is 4.72 Å². The average molecular weight is 219 g/mol. The Morgan fingerprint density at radius 1 is 1.21 bits per heavy atom. The van der Waals surface area contributed by atoms with E-state index in [2.05, 4.69) is 4.72 Å². The number of ether oxygens (including phenoxy) is 2. The molecule has 2 aliphatic heterocycles. The molecule has 0 spiro atoms. The van der Waals surface area contributed by atoms with Gasteiger partial charge < -0.3 is 9.47 Å². The lowest BCUT2D eigenvalue weighted by molar-refractivity contribution is 0.0288. The third-order valence-electron chi connectivity index (χ3n) is 3.35. The first kappa shape index (κ1) is 9.08. The van der Waals surface area contributed by atoms with Gasteiger partial charge in [0.05, 0.1) is 18.0 Å². The Hall–Kier alpha value is -0.170. The van der Waals surface area contributed by atoms with Crippen LogP contribution in [0.2, 0.25) is 0 Å². The zero-order chi connectivity index (χ0) is 9.76. The summed E-state index contributed by atoms with van der Waals surface area (Å²) < 4.78 is 36.3. The number of rotatable bonds is 0. The molecule has 5 nitrogen and oxygen atoms in total. The predicted octanol–water partition coefficient (Wildman–Crippen LogP) is -0.560. The van der Waals surface area contributed by atoms with E-state index in [9.17, 15) is 8.42 Å². The molecule has 2 saturated heterocycles. The highest BCUT2D eigenvalue weighted by molar-refractivity contribution is 7.89. The molecular weight excluding hydrogens is 206 g/mol. The minimum Gasteiger partial charge on any atom is -0.349 e. The van der Waals surface area contributed by atoms with Crippen molar-refractivity contribution in [3.8, 4) is 0 Å². The number of sulfonamides is 1. The molecule has 1 N–H and O–H groups in total. The predicted molar refractivity (Wildman–Crippen MR) is 48.0 cm³/mol. The van der Waals surface area contributed by atoms with Crippen LogP contribution in [0, 0.1) is 5.92 Å². The summed E-state index contributed by atoms with van der Waals surface area (Å²) in [6.07, 6.45) is 1.87. The molecule has 0 aromatic heterocycles. The van der Waals surface area contributed by atoms with Crippen LogP contribution in [-0.4, -0.2) is 39.2 Å². The minimum absolute atomic E-state index is 0.0153. The molecule has 0 radical (unpaired) electrons. The summed E-state index contributed by atoms with van der Waals surface area (Å²) >= 11 is 0. The van der Waals surface area contributed by atoms with Gasteiger partial charge in [-0.3, -0.25) is 0 Å². The van der Waals surface area contributed by atoms with Gasteiger partial charge in [0.1, 0.15) is 6.79 Å². The Morgan fingerprint density at radius 2 is 2.07 bits per heavy atom. The second-order valence-corrected chi connectivity index (χ2v) is 6.00. The zero-order valence-corrected chi connectivity index (χ0v) is 8.50. The van der Waals surface area contributed by atoms with Gasteiger partial charge in [-0.05, 0) is 12.8 Å². The van der Waals surface area contributed by atoms with Crippen LogP contribution >= 0.6 is 0 Å². The smallest absolute Gasteiger partial charge is 0.212 e. The van der Waals surface area contributed by atoms with E-state index >= 15 is 0 Å². The van der Waals surface area contributed by atoms with E-state index in [-0.39, 0.29) is 29.9 Å². The largest absolute Gasteiger partial charge is 0.349 e. The molecular formula is C8H13NO4S. The first-order chi connectivity index (χ1) is 6.66. The maximum Gasteiger partial charge on any atom is 0.212 e. The average Bonchev–Trinajstić information content (AvgIpc) is 2.64. The molecule has 0 bridgehead atoms. The molecule has 0 amide bonds. The second-order valence-electron chi connectivity index (χ2n) is 4.20. The Balaban J connectivity index is 1.88. The van der Waals surface area contributed by atoms with E-state index in [0.29, 0.717) is 6.79 Å². The molecule has 0 aromatic carbocycles. The highest BCUT2D eigenvalue weighted by Crippen LogP contribution is 2.37. The van der Waals surface area contributed by atoms with Crippen LogP contribution < -0.4 is 4.72 Å². The summed E-state index contributed by atoms with van der Waals surface area (Å²) in [5.74, 6) is 0.281. The highest BCUT2D eigenvalue weighted by Gasteiger charge is 2.50. The molecule has 14 heavy (non-hydrogen) atoms. The molecule has 4 atom stereocenters. The van der Waals surface area contributed by atoms with E-state index in [1.807, 2.05) is 0 Å². The minimum atomic E-state index is -3.05. The van der Waals surface area contributed by atoms with Crippen LogP contribution in [0.5, 0.6) is 0 Å². The summed E-state index contributed by atoms with van der Waals surface area (Å²) in [6.45, 7) is 0.318. The summed E-state index contributed by atoms with van der Waals surface area (Å²) in [6, 6.07) is 0.0722. The van der Waals surface area contributed by atoms with Gasteiger partial charge in [0.2, 0.25) is 10.0 Å². The van der Waals surface area contributed by atoms with Crippen LogP contribution in [0.3, 0.4) is 0 Å². The van der Waals surface area contributed by atoms with Crippen LogP contribution in [0.25, 0.3) is 0 Å². The summed E-state index contributed by atoms with van der Waals surface area (Å²) in [5, 5.41) is 0. The van der Waals surface area contributed by atoms with Crippen molar-refractivity contribution < 1.29 is 17.9 Å². The van der Waals surface area contributed by atoms with Gasteiger partial charge in [-0.1, -0.05) is 0 Å². The van der Waals surface area contributed by atoms with Gasteiger partial charge in [0.15, 0.2) is 0 Å². The zero-order valence-electron chi connectivity index (χ0n) is 7.68. The first-order valence-electron chi connectivity index (χ1n) is 4.89. The quantitative estimate of drug-likeness (QED) is 0.593. The maximum atomic E-state index is 11.4. The van der Waals surface area contributed by atoms with E-state index in [4.69, 9.17) is 9.47 Å². The Kier molecular flexibility index (Phi) is 1.89. The van der Waals surface area contributed by atoms with Gasteiger partial charge in [0.25, 0.3) is 0 Å². The number of fused-ring (bicyclic) bond motifs is 3. The molecule has 3 fully saturated rings. The standard InChI is InChI=1S/C8H13NO4S/c10-14(11)3-5-6(9-14)1-2-7-8(5)13-4-12-7/h5-9H,1-4H2. The van der Waals surface area contributed by atoms with Crippen molar-refractivity contribution in [3.63, 3.8) is 0 Å². The van der Waals surface area contributed by atoms with Gasteiger partial charge in [-0.2, -0.15) is 0 Å². The van der Waals surface area contributed by atoms with Crippen molar-refractivity contribution in [3.05, 3.63) is 0 Å². The maximum absolute atomic E-state index is 11.4. The highest BCUT2D eigenvalue weighted by atomic mass is 32.2.